The molecule has 0 aliphatic rings. The molecule has 1 aromatic heterocycles. The van der Waals surface area contributed by atoms with E-state index in [9.17, 15) is 0 Å². The first-order valence-corrected chi connectivity index (χ1v) is 5.39. The minimum Gasteiger partial charge on any atom is -0.256 e. The number of pyridine rings is 1. The van der Waals surface area contributed by atoms with E-state index < -0.39 is 0 Å². The van der Waals surface area contributed by atoms with Gasteiger partial charge in [-0.2, -0.15) is 0 Å². The Balaban J connectivity index is 2.56. The van der Waals surface area contributed by atoms with Crippen LogP contribution in [0.3, 0.4) is 0 Å². The summed E-state index contributed by atoms with van der Waals surface area (Å²) in [6, 6.07) is 11.9. The number of rotatable bonds is 2. The molecule has 2 rings (SSSR count). The molecule has 0 aliphatic carbocycles. The van der Waals surface area contributed by atoms with Crippen molar-refractivity contribution >= 4 is 11.6 Å². The molecule has 0 saturated heterocycles. The average molecular weight is 218 g/mol. The minimum atomic E-state index is 0.757. The lowest BCUT2D eigenvalue weighted by molar-refractivity contribution is 1.13. The van der Waals surface area contributed by atoms with Crippen molar-refractivity contribution < 1.29 is 0 Å². The van der Waals surface area contributed by atoms with Gasteiger partial charge in [-0.25, -0.2) is 0 Å². The highest BCUT2D eigenvalue weighted by molar-refractivity contribution is 6.30. The zero-order valence-corrected chi connectivity index (χ0v) is 9.33. The molecule has 0 N–H and O–H groups in total. The molecule has 1 nitrogen and oxygen atoms in total. The van der Waals surface area contributed by atoms with Crippen LogP contribution in [-0.2, 0) is 6.42 Å². The second kappa shape index (κ2) is 4.45. The third-order valence-electron chi connectivity index (χ3n) is 2.39. The SMILES string of the molecule is CCc1ccc(Cl)cc1-c1ccccn1. The molecule has 76 valence electrons. The molecular weight excluding hydrogens is 206 g/mol. The lowest BCUT2D eigenvalue weighted by atomic mass is 10.0. The smallest absolute Gasteiger partial charge is 0.0705 e. The van der Waals surface area contributed by atoms with Crippen molar-refractivity contribution in [3.8, 4) is 11.3 Å². The third-order valence-corrected chi connectivity index (χ3v) is 2.63. The van der Waals surface area contributed by atoms with Crippen LogP contribution in [0.15, 0.2) is 42.6 Å². The van der Waals surface area contributed by atoms with Crippen LogP contribution in [0, 0.1) is 0 Å². The van der Waals surface area contributed by atoms with Gasteiger partial charge in [0.1, 0.15) is 0 Å². The van der Waals surface area contributed by atoms with Crippen LogP contribution in [0.2, 0.25) is 5.02 Å². The fourth-order valence-corrected chi connectivity index (χ4v) is 1.79. The van der Waals surface area contributed by atoms with Crippen molar-refractivity contribution in [1.29, 1.82) is 0 Å². The fourth-order valence-electron chi connectivity index (χ4n) is 1.62. The Morgan fingerprint density at radius 1 is 1.20 bits per heavy atom. The van der Waals surface area contributed by atoms with Crippen molar-refractivity contribution in [1.82, 2.24) is 4.98 Å². The van der Waals surface area contributed by atoms with Gasteiger partial charge >= 0.3 is 0 Å². The summed E-state index contributed by atoms with van der Waals surface area (Å²) in [6.07, 6.45) is 2.79. The standard InChI is InChI=1S/C13H12ClN/c1-2-10-6-7-11(14)9-12(10)13-5-3-4-8-15-13/h3-9H,2H2,1H3. The van der Waals surface area contributed by atoms with E-state index in [-0.39, 0.29) is 0 Å². The summed E-state index contributed by atoms with van der Waals surface area (Å²) in [5.41, 5.74) is 3.39. The Morgan fingerprint density at radius 2 is 2.07 bits per heavy atom. The van der Waals surface area contributed by atoms with Crippen molar-refractivity contribution in [2.75, 3.05) is 0 Å². The van der Waals surface area contributed by atoms with Crippen molar-refractivity contribution in [2.24, 2.45) is 0 Å². The molecule has 15 heavy (non-hydrogen) atoms. The number of nitrogens with zero attached hydrogens (tertiary/aromatic N) is 1. The summed E-state index contributed by atoms with van der Waals surface area (Å²) in [5, 5.41) is 0.757. The predicted molar refractivity (Wildman–Crippen MR) is 64.1 cm³/mol. The first-order chi connectivity index (χ1) is 7.31. The van der Waals surface area contributed by atoms with Crippen LogP contribution in [0.25, 0.3) is 11.3 Å². The molecule has 0 unspecified atom stereocenters. The van der Waals surface area contributed by atoms with E-state index in [1.165, 1.54) is 5.56 Å². The van der Waals surface area contributed by atoms with E-state index in [0.29, 0.717) is 0 Å². The average Bonchev–Trinajstić information content (AvgIpc) is 2.30. The van der Waals surface area contributed by atoms with Crippen molar-refractivity contribution in [3.05, 3.63) is 53.2 Å². The lowest BCUT2D eigenvalue weighted by Gasteiger charge is -2.07. The number of aromatic nitrogens is 1. The monoisotopic (exact) mass is 217 g/mol. The second-order valence-corrected chi connectivity index (χ2v) is 3.81. The molecule has 2 aromatic rings. The molecule has 1 heterocycles. The maximum atomic E-state index is 6.00. The van der Waals surface area contributed by atoms with Crippen LogP contribution in [0.1, 0.15) is 12.5 Å². The first kappa shape index (κ1) is 10.2. The topological polar surface area (TPSA) is 12.9 Å². The highest BCUT2D eigenvalue weighted by atomic mass is 35.5. The Hall–Kier alpha value is -1.34. The molecule has 0 amide bonds. The minimum absolute atomic E-state index is 0.757. The van der Waals surface area contributed by atoms with Gasteiger partial charge in [0, 0.05) is 16.8 Å². The van der Waals surface area contributed by atoms with E-state index in [1.807, 2.05) is 30.3 Å². The van der Waals surface area contributed by atoms with E-state index in [2.05, 4.69) is 18.0 Å². The van der Waals surface area contributed by atoms with Gasteiger partial charge in [-0.1, -0.05) is 30.7 Å². The number of aryl methyl sites for hydroxylation is 1. The number of halogens is 1. The van der Waals surface area contributed by atoms with E-state index in [4.69, 9.17) is 11.6 Å². The van der Waals surface area contributed by atoms with Crippen LogP contribution < -0.4 is 0 Å². The molecule has 1 aromatic carbocycles. The zero-order valence-electron chi connectivity index (χ0n) is 8.57. The van der Waals surface area contributed by atoms with Gasteiger partial charge in [0.15, 0.2) is 0 Å². The number of hydrogen-bond donors (Lipinski definition) is 0. The Morgan fingerprint density at radius 3 is 2.73 bits per heavy atom. The number of hydrogen-bond acceptors (Lipinski definition) is 1. The molecule has 0 fully saturated rings. The van der Waals surface area contributed by atoms with Gasteiger partial charge in [-0.3, -0.25) is 4.98 Å². The molecule has 0 saturated carbocycles. The predicted octanol–water partition coefficient (Wildman–Crippen LogP) is 3.96. The summed E-state index contributed by atoms with van der Waals surface area (Å²) >= 11 is 6.00. The lowest BCUT2D eigenvalue weighted by Crippen LogP contribution is -1.89. The van der Waals surface area contributed by atoms with Crippen molar-refractivity contribution in [2.45, 2.75) is 13.3 Å². The molecule has 0 spiro atoms. The van der Waals surface area contributed by atoms with Gasteiger partial charge < -0.3 is 0 Å². The summed E-state index contributed by atoms with van der Waals surface area (Å²) < 4.78 is 0. The highest BCUT2D eigenvalue weighted by Crippen LogP contribution is 2.25. The number of benzene rings is 1. The van der Waals surface area contributed by atoms with Crippen LogP contribution in [-0.4, -0.2) is 4.98 Å². The second-order valence-electron chi connectivity index (χ2n) is 3.37. The van der Waals surface area contributed by atoms with Crippen LogP contribution in [0.5, 0.6) is 0 Å². The van der Waals surface area contributed by atoms with E-state index >= 15 is 0 Å². The Bertz CT molecular complexity index is 451. The van der Waals surface area contributed by atoms with Gasteiger partial charge in [0.05, 0.1) is 5.69 Å². The van der Waals surface area contributed by atoms with Gasteiger partial charge in [-0.15, -0.1) is 0 Å². The molecule has 2 heteroatoms. The maximum absolute atomic E-state index is 6.00. The molecule has 0 bridgehead atoms. The maximum Gasteiger partial charge on any atom is 0.0705 e. The van der Waals surface area contributed by atoms with E-state index in [0.717, 1.165) is 22.7 Å². The normalized spacial score (nSPS) is 10.3. The first-order valence-electron chi connectivity index (χ1n) is 5.01. The summed E-state index contributed by atoms with van der Waals surface area (Å²) in [6.45, 7) is 2.13. The van der Waals surface area contributed by atoms with Gasteiger partial charge in [0.2, 0.25) is 0 Å². The molecule has 0 atom stereocenters. The summed E-state index contributed by atoms with van der Waals surface area (Å²) in [5.74, 6) is 0. The largest absolute Gasteiger partial charge is 0.256 e. The van der Waals surface area contributed by atoms with Gasteiger partial charge in [-0.05, 0) is 36.2 Å². The zero-order chi connectivity index (χ0) is 10.7. The van der Waals surface area contributed by atoms with E-state index in [1.54, 1.807) is 6.20 Å². The summed E-state index contributed by atoms with van der Waals surface area (Å²) in [4.78, 5) is 4.34. The Kier molecular flexibility index (Phi) is 3.02. The molecule has 0 radical (unpaired) electrons. The quantitative estimate of drug-likeness (QED) is 0.742. The molecular formula is C13H12ClN. The highest BCUT2D eigenvalue weighted by Gasteiger charge is 2.04. The van der Waals surface area contributed by atoms with Crippen molar-refractivity contribution in [3.63, 3.8) is 0 Å². The Labute approximate surface area is 94.7 Å². The summed E-state index contributed by atoms with van der Waals surface area (Å²) in [7, 11) is 0. The molecule has 0 aliphatic heterocycles. The van der Waals surface area contributed by atoms with Crippen LogP contribution >= 0.6 is 11.6 Å². The van der Waals surface area contributed by atoms with Crippen LogP contribution in [0.4, 0.5) is 0 Å². The third kappa shape index (κ3) is 2.18. The fraction of sp³-hybridized carbons (Fsp3) is 0.154. The van der Waals surface area contributed by atoms with Gasteiger partial charge in [0.25, 0.3) is 0 Å².